The van der Waals surface area contributed by atoms with Gasteiger partial charge in [-0.25, -0.2) is 0 Å². The second-order valence-electron chi connectivity index (χ2n) is 7.91. The van der Waals surface area contributed by atoms with Crippen molar-refractivity contribution in [3.05, 3.63) is 66.2 Å². The number of nitrogens with zero attached hydrogens (tertiary/aromatic N) is 3. The lowest BCUT2D eigenvalue weighted by atomic mass is 9.99. The Morgan fingerprint density at radius 1 is 1.06 bits per heavy atom. The summed E-state index contributed by atoms with van der Waals surface area (Å²) < 4.78 is 5.57. The van der Waals surface area contributed by atoms with Gasteiger partial charge in [0.05, 0.1) is 17.9 Å². The molecular formula is C25H28N4O2. The van der Waals surface area contributed by atoms with Crippen molar-refractivity contribution in [1.82, 2.24) is 10.2 Å². The normalized spacial score (nSPS) is 14.3. The van der Waals surface area contributed by atoms with E-state index in [0.717, 1.165) is 36.1 Å². The van der Waals surface area contributed by atoms with Crippen molar-refractivity contribution in [1.29, 1.82) is 0 Å². The fourth-order valence-corrected chi connectivity index (χ4v) is 3.78. The van der Waals surface area contributed by atoms with E-state index in [4.69, 9.17) is 4.74 Å². The molecule has 6 heteroatoms. The Kier molecular flexibility index (Phi) is 6.46. The second-order valence-corrected chi connectivity index (χ2v) is 7.91. The van der Waals surface area contributed by atoms with Gasteiger partial charge >= 0.3 is 0 Å². The molecule has 3 aromatic rings. The zero-order valence-corrected chi connectivity index (χ0v) is 18.0. The van der Waals surface area contributed by atoms with E-state index in [0.29, 0.717) is 23.6 Å². The van der Waals surface area contributed by atoms with Gasteiger partial charge in [0.2, 0.25) is 0 Å². The lowest BCUT2D eigenvalue weighted by molar-refractivity contribution is 0.102. The van der Waals surface area contributed by atoms with E-state index in [-0.39, 0.29) is 5.91 Å². The van der Waals surface area contributed by atoms with Crippen LogP contribution in [0.25, 0.3) is 11.3 Å². The zero-order chi connectivity index (χ0) is 21.6. The first-order valence-corrected chi connectivity index (χ1v) is 10.9. The van der Waals surface area contributed by atoms with Gasteiger partial charge in [-0.2, -0.15) is 0 Å². The molecule has 0 spiro atoms. The van der Waals surface area contributed by atoms with Crippen LogP contribution in [0, 0.1) is 5.92 Å². The molecule has 160 valence electrons. The standard InChI is InChI=1S/C25H28N4O2/c1-3-31-23-10-5-4-9-21(23)25(30)26-20-8-6-7-19(17-20)22-11-12-24(28-27-22)29-15-13-18(2)14-16-29/h4-12,17-18H,3,13-16H2,1-2H3,(H,26,30). The van der Waals surface area contributed by atoms with Crippen LogP contribution in [-0.4, -0.2) is 35.8 Å². The number of rotatable bonds is 6. The van der Waals surface area contributed by atoms with E-state index in [1.807, 2.05) is 55.5 Å². The Balaban J connectivity index is 1.48. The molecule has 6 nitrogen and oxygen atoms in total. The Morgan fingerprint density at radius 2 is 1.87 bits per heavy atom. The van der Waals surface area contributed by atoms with Crippen LogP contribution in [0.2, 0.25) is 0 Å². The molecule has 1 saturated heterocycles. The minimum Gasteiger partial charge on any atom is -0.493 e. The fraction of sp³-hybridized carbons (Fsp3) is 0.320. The first-order chi connectivity index (χ1) is 15.1. The lowest BCUT2D eigenvalue weighted by Crippen LogP contribution is -2.33. The SMILES string of the molecule is CCOc1ccccc1C(=O)Nc1cccc(-c2ccc(N3CCC(C)CC3)nn2)c1. The minimum absolute atomic E-state index is 0.207. The van der Waals surface area contributed by atoms with E-state index in [2.05, 4.69) is 27.3 Å². The van der Waals surface area contributed by atoms with Gasteiger partial charge in [0.1, 0.15) is 5.75 Å². The van der Waals surface area contributed by atoms with Crippen molar-refractivity contribution in [3.63, 3.8) is 0 Å². The maximum absolute atomic E-state index is 12.8. The summed E-state index contributed by atoms with van der Waals surface area (Å²) in [5, 5.41) is 11.8. The molecule has 0 aliphatic carbocycles. The zero-order valence-electron chi connectivity index (χ0n) is 18.0. The highest BCUT2D eigenvalue weighted by atomic mass is 16.5. The molecule has 2 heterocycles. The van der Waals surface area contributed by atoms with Crippen LogP contribution in [0.1, 0.15) is 37.0 Å². The van der Waals surface area contributed by atoms with Crippen LogP contribution in [0.15, 0.2) is 60.7 Å². The third-order valence-electron chi connectivity index (χ3n) is 5.61. The largest absolute Gasteiger partial charge is 0.493 e. The molecule has 0 saturated carbocycles. The predicted molar refractivity (Wildman–Crippen MR) is 124 cm³/mol. The maximum Gasteiger partial charge on any atom is 0.259 e. The molecule has 1 N–H and O–H groups in total. The number of piperidine rings is 1. The van der Waals surface area contributed by atoms with Gasteiger partial charge in [-0.05, 0) is 62.1 Å². The number of amides is 1. The number of nitrogens with one attached hydrogen (secondary N) is 1. The first kappa shape index (κ1) is 20.8. The summed E-state index contributed by atoms with van der Waals surface area (Å²) in [4.78, 5) is 15.1. The molecule has 1 aliphatic rings. The van der Waals surface area contributed by atoms with Gasteiger partial charge in [0.15, 0.2) is 5.82 Å². The van der Waals surface area contributed by atoms with E-state index in [1.54, 1.807) is 12.1 Å². The molecule has 2 aromatic carbocycles. The van der Waals surface area contributed by atoms with E-state index >= 15 is 0 Å². The molecule has 1 aliphatic heterocycles. The molecule has 0 unspecified atom stereocenters. The molecular weight excluding hydrogens is 388 g/mol. The molecule has 0 atom stereocenters. The smallest absolute Gasteiger partial charge is 0.259 e. The Labute approximate surface area is 183 Å². The van der Waals surface area contributed by atoms with Gasteiger partial charge < -0.3 is 15.0 Å². The van der Waals surface area contributed by atoms with Crippen LogP contribution < -0.4 is 15.0 Å². The first-order valence-electron chi connectivity index (χ1n) is 10.9. The summed E-state index contributed by atoms with van der Waals surface area (Å²) in [5.41, 5.74) is 2.89. The van der Waals surface area contributed by atoms with Crippen LogP contribution in [-0.2, 0) is 0 Å². The number of para-hydroxylation sites is 1. The number of aromatic nitrogens is 2. The van der Waals surface area contributed by atoms with Crippen LogP contribution in [0.3, 0.4) is 0 Å². The van der Waals surface area contributed by atoms with Gasteiger partial charge in [0, 0.05) is 24.3 Å². The van der Waals surface area contributed by atoms with E-state index in [9.17, 15) is 4.79 Å². The van der Waals surface area contributed by atoms with Crippen LogP contribution in [0.4, 0.5) is 11.5 Å². The van der Waals surface area contributed by atoms with Gasteiger partial charge in [-0.15, -0.1) is 10.2 Å². The van der Waals surface area contributed by atoms with Crippen molar-refractivity contribution in [2.45, 2.75) is 26.7 Å². The Bertz CT molecular complexity index is 1030. The van der Waals surface area contributed by atoms with Crippen molar-refractivity contribution in [2.24, 2.45) is 5.92 Å². The van der Waals surface area contributed by atoms with Gasteiger partial charge in [0.25, 0.3) is 5.91 Å². The van der Waals surface area contributed by atoms with Crippen molar-refractivity contribution in [2.75, 3.05) is 29.9 Å². The number of anilines is 2. The molecule has 1 fully saturated rings. The number of carbonyl (C=O) groups excluding carboxylic acids is 1. The summed E-state index contributed by atoms with van der Waals surface area (Å²) >= 11 is 0. The fourth-order valence-electron chi connectivity index (χ4n) is 3.78. The quantitative estimate of drug-likeness (QED) is 0.610. The molecule has 1 amide bonds. The third-order valence-corrected chi connectivity index (χ3v) is 5.61. The average molecular weight is 417 g/mol. The Hall–Kier alpha value is -3.41. The molecule has 31 heavy (non-hydrogen) atoms. The summed E-state index contributed by atoms with van der Waals surface area (Å²) in [7, 11) is 0. The van der Waals surface area contributed by atoms with Crippen molar-refractivity contribution >= 4 is 17.4 Å². The Morgan fingerprint density at radius 3 is 2.61 bits per heavy atom. The summed E-state index contributed by atoms with van der Waals surface area (Å²) in [5.74, 6) is 2.07. The average Bonchev–Trinajstić information content (AvgIpc) is 2.80. The number of benzene rings is 2. The molecule has 1 aromatic heterocycles. The van der Waals surface area contributed by atoms with E-state index < -0.39 is 0 Å². The van der Waals surface area contributed by atoms with Crippen molar-refractivity contribution in [3.8, 4) is 17.0 Å². The van der Waals surface area contributed by atoms with E-state index in [1.165, 1.54) is 12.8 Å². The summed E-state index contributed by atoms with van der Waals surface area (Å²) in [6.45, 7) is 6.76. The number of hydrogen-bond donors (Lipinski definition) is 1. The van der Waals surface area contributed by atoms with Gasteiger partial charge in [-0.3, -0.25) is 4.79 Å². The second kappa shape index (κ2) is 9.60. The predicted octanol–water partition coefficient (Wildman–Crippen LogP) is 5.03. The maximum atomic E-state index is 12.8. The summed E-state index contributed by atoms with van der Waals surface area (Å²) in [6, 6.07) is 18.9. The minimum atomic E-state index is -0.207. The molecule has 4 rings (SSSR count). The highest BCUT2D eigenvalue weighted by molar-refractivity contribution is 6.06. The topological polar surface area (TPSA) is 67.3 Å². The van der Waals surface area contributed by atoms with Gasteiger partial charge in [-0.1, -0.05) is 31.2 Å². The van der Waals surface area contributed by atoms with Crippen molar-refractivity contribution < 1.29 is 9.53 Å². The molecule has 0 bridgehead atoms. The number of ether oxygens (including phenoxy) is 1. The van der Waals surface area contributed by atoms with Crippen LogP contribution >= 0.6 is 0 Å². The highest BCUT2D eigenvalue weighted by Crippen LogP contribution is 2.25. The third kappa shape index (κ3) is 5.02. The lowest BCUT2D eigenvalue weighted by Gasteiger charge is -2.30. The van der Waals surface area contributed by atoms with Crippen LogP contribution in [0.5, 0.6) is 5.75 Å². The monoisotopic (exact) mass is 416 g/mol. The highest BCUT2D eigenvalue weighted by Gasteiger charge is 2.17. The number of hydrogen-bond acceptors (Lipinski definition) is 5. The number of carbonyl (C=O) groups is 1. The summed E-state index contributed by atoms with van der Waals surface area (Å²) in [6.07, 6.45) is 2.38. The molecule has 0 radical (unpaired) electrons.